The van der Waals surface area contributed by atoms with Crippen LogP contribution in [0.3, 0.4) is 0 Å². The van der Waals surface area contributed by atoms with Gasteiger partial charge in [0.2, 0.25) is 5.95 Å². The molecule has 21 heavy (non-hydrogen) atoms. The fourth-order valence-electron chi connectivity index (χ4n) is 1.86. The molecule has 0 radical (unpaired) electrons. The molecule has 1 N–H and O–H groups in total. The summed E-state index contributed by atoms with van der Waals surface area (Å²) < 4.78 is 31.6. The summed E-state index contributed by atoms with van der Waals surface area (Å²) in [4.78, 5) is 15.2. The minimum absolute atomic E-state index is 0.385. The SMILES string of the molecule is COCCc1ccccc1NC(=O)c1ccnc(F)c1F. The van der Waals surface area contributed by atoms with Crippen molar-refractivity contribution in [2.75, 3.05) is 19.0 Å². The molecule has 1 aromatic heterocycles. The molecule has 0 aliphatic rings. The van der Waals surface area contributed by atoms with Crippen molar-refractivity contribution in [3.63, 3.8) is 0 Å². The number of ether oxygens (including phenoxy) is 1. The number of amides is 1. The van der Waals surface area contributed by atoms with Crippen LogP contribution in [0, 0.1) is 11.8 Å². The average Bonchev–Trinajstić information content (AvgIpc) is 2.49. The Morgan fingerprint density at radius 3 is 2.81 bits per heavy atom. The summed E-state index contributed by atoms with van der Waals surface area (Å²) in [5.74, 6) is -3.28. The van der Waals surface area contributed by atoms with Crippen molar-refractivity contribution in [2.45, 2.75) is 6.42 Å². The lowest BCUT2D eigenvalue weighted by Gasteiger charge is -2.11. The fourth-order valence-corrected chi connectivity index (χ4v) is 1.86. The van der Waals surface area contributed by atoms with E-state index in [-0.39, 0.29) is 5.56 Å². The zero-order chi connectivity index (χ0) is 15.2. The van der Waals surface area contributed by atoms with Crippen molar-refractivity contribution >= 4 is 11.6 Å². The summed E-state index contributed by atoms with van der Waals surface area (Å²) in [5, 5.41) is 2.57. The highest BCUT2D eigenvalue weighted by Gasteiger charge is 2.17. The first-order valence-corrected chi connectivity index (χ1v) is 6.31. The molecule has 1 aromatic carbocycles. The molecule has 0 saturated carbocycles. The molecule has 0 saturated heterocycles. The van der Waals surface area contributed by atoms with Gasteiger partial charge in [0.05, 0.1) is 12.2 Å². The van der Waals surface area contributed by atoms with Gasteiger partial charge in [0, 0.05) is 19.0 Å². The van der Waals surface area contributed by atoms with Crippen LogP contribution in [0.15, 0.2) is 36.5 Å². The topological polar surface area (TPSA) is 51.2 Å². The highest BCUT2D eigenvalue weighted by atomic mass is 19.2. The minimum Gasteiger partial charge on any atom is -0.384 e. The summed E-state index contributed by atoms with van der Waals surface area (Å²) in [6.45, 7) is 0.491. The Bertz CT molecular complexity index is 647. The highest BCUT2D eigenvalue weighted by molar-refractivity contribution is 6.04. The zero-order valence-corrected chi connectivity index (χ0v) is 11.4. The molecule has 0 aliphatic carbocycles. The predicted octanol–water partition coefficient (Wildman–Crippen LogP) is 2.80. The number of nitrogens with one attached hydrogen (secondary N) is 1. The number of pyridine rings is 1. The molecule has 0 unspecified atom stereocenters. The molecular weight excluding hydrogens is 278 g/mol. The van der Waals surface area contributed by atoms with Crippen molar-refractivity contribution in [1.29, 1.82) is 0 Å². The van der Waals surface area contributed by atoms with E-state index in [9.17, 15) is 13.6 Å². The van der Waals surface area contributed by atoms with Gasteiger partial charge in [0.1, 0.15) is 0 Å². The lowest BCUT2D eigenvalue weighted by Crippen LogP contribution is -2.16. The molecule has 6 heteroatoms. The van der Waals surface area contributed by atoms with E-state index < -0.39 is 17.7 Å². The van der Waals surface area contributed by atoms with Crippen molar-refractivity contribution < 1.29 is 18.3 Å². The number of halogens is 2. The van der Waals surface area contributed by atoms with Crippen molar-refractivity contribution in [1.82, 2.24) is 4.98 Å². The van der Waals surface area contributed by atoms with Crippen molar-refractivity contribution in [2.24, 2.45) is 0 Å². The number of carbonyl (C=O) groups is 1. The molecule has 110 valence electrons. The number of hydrogen-bond acceptors (Lipinski definition) is 3. The Hall–Kier alpha value is -2.34. The van der Waals surface area contributed by atoms with Crippen LogP contribution >= 0.6 is 0 Å². The second kappa shape index (κ2) is 6.90. The summed E-state index contributed by atoms with van der Waals surface area (Å²) in [6, 6.07) is 8.23. The second-order valence-electron chi connectivity index (χ2n) is 4.32. The average molecular weight is 292 g/mol. The molecule has 2 rings (SSSR count). The number of methoxy groups -OCH3 is 1. The molecule has 0 bridgehead atoms. The Balaban J connectivity index is 2.22. The number of nitrogens with zero attached hydrogens (tertiary/aromatic N) is 1. The summed E-state index contributed by atoms with van der Waals surface area (Å²) in [5.41, 5.74) is 1.00. The number of aromatic nitrogens is 1. The van der Waals surface area contributed by atoms with E-state index in [4.69, 9.17) is 4.74 Å². The van der Waals surface area contributed by atoms with Crippen LogP contribution in [0.25, 0.3) is 0 Å². The van der Waals surface area contributed by atoms with E-state index in [1.807, 2.05) is 12.1 Å². The molecule has 4 nitrogen and oxygen atoms in total. The molecule has 0 atom stereocenters. The van der Waals surface area contributed by atoms with Gasteiger partial charge in [-0.25, -0.2) is 9.37 Å². The quantitative estimate of drug-likeness (QED) is 0.862. The van der Waals surface area contributed by atoms with E-state index in [2.05, 4.69) is 10.3 Å². The molecule has 1 heterocycles. The predicted molar refractivity (Wildman–Crippen MR) is 74.1 cm³/mol. The third-order valence-corrected chi connectivity index (χ3v) is 2.93. The maximum atomic E-state index is 13.5. The van der Waals surface area contributed by atoms with Crippen LogP contribution in [0.4, 0.5) is 14.5 Å². The first kappa shape index (κ1) is 15.1. The minimum atomic E-state index is -1.30. The van der Waals surface area contributed by atoms with Gasteiger partial charge in [-0.1, -0.05) is 18.2 Å². The Morgan fingerprint density at radius 1 is 1.29 bits per heavy atom. The maximum absolute atomic E-state index is 13.5. The zero-order valence-electron chi connectivity index (χ0n) is 11.4. The summed E-state index contributed by atoms with van der Waals surface area (Å²) in [7, 11) is 1.58. The Labute approximate surface area is 120 Å². The molecular formula is C15H14F2N2O2. The van der Waals surface area contributed by atoms with Crippen LogP contribution in [-0.2, 0) is 11.2 Å². The lowest BCUT2D eigenvalue weighted by atomic mass is 10.1. The number of hydrogen-bond donors (Lipinski definition) is 1. The van der Waals surface area contributed by atoms with Crippen molar-refractivity contribution in [3.05, 3.63) is 59.4 Å². The van der Waals surface area contributed by atoms with Gasteiger partial charge in [-0.05, 0) is 24.1 Å². The van der Waals surface area contributed by atoms with Gasteiger partial charge in [0.25, 0.3) is 5.91 Å². The van der Waals surface area contributed by atoms with E-state index in [1.165, 1.54) is 0 Å². The van der Waals surface area contributed by atoms with E-state index >= 15 is 0 Å². The number of rotatable bonds is 5. The van der Waals surface area contributed by atoms with Gasteiger partial charge in [0.15, 0.2) is 5.82 Å². The van der Waals surface area contributed by atoms with E-state index in [1.54, 1.807) is 19.2 Å². The number of para-hydroxylation sites is 1. The van der Waals surface area contributed by atoms with Gasteiger partial charge in [-0.2, -0.15) is 4.39 Å². The standard InChI is InChI=1S/C15H14F2N2O2/c1-21-9-7-10-4-2-3-5-12(10)19-15(20)11-6-8-18-14(17)13(11)16/h2-6,8H,7,9H2,1H3,(H,19,20). The smallest absolute Gasteiger partial charge is 0.258 e. The van der Waals surface area contributed by atoms with E-state index in [0.29, 0.717) is 18.7 Å². The second-order valence-corrected chi connectivity index (χ2v) is 4.32. The molecule has 2 aromatic rings. The third-order valence-electron chi connectivity index (χ3n) is 2.93. The Kier molecular flexibility index (Phi) is 4.94. The lowest BCUT2D eigenvalue weighted by molar-refractivity contribution is 0.102. The van der Waals surface area contributed by atoms with Crippen LogP contribution in [0.1, 0.15) is 15.9 Å². The first-order chi connectivity index (χ1) is 10.1. The van der Waals surface area contributed by atoms with Crippen LogP contribution in [0.2, 0.25) is 0 Å². The monoisotopic (exact) mass is 292 g/mol. The third kappa shape index (κ3) is 3.61. The van der Waals surface area contributed by atoms with Gasteiger partial charge in [-0.15, -0.1) is 0 Å². The molecule has 0 aliphatic heterocycles. The van der Waals surface area contributed by atoms with Crippen LogP contribution in [0.5, 0.6) is 0 Å². The number of carbonyl (C=O) groups excluding carboxylic acids is 1. The molecule has 0 spiro atoms. The van der Waals surface area contributed by atoms with Gasteiger partial charge >= 0.3 is 0 Å². The molecule has 1 amide bonds. The Morgan fingerprint density at radius 2 is 2.05 bits per heavy atom. The first-order valence-electron chi connectivity index (χ1n) is 6.31. The molecule has 0 fully saturated rings. The van der Waals surface area contributed by atoms with Gasteiger partial charge in [-0.3, -0.25) is 4.79 Å². The maximum Gasteiger partial charge on any atom is 0.258 e. The van der Waals surface area contributed by atoms with Crippen LogP contribution in [-0.4, -0.2) is 24.6 Å². The normalized spacial score (nSPS) is 10.4. The van der Waals surface area contributed by atoms with Crippen molar-refractivity contribution in [3.8, 4) is 0 Å². The summed E-state index contributed by atoms with van der Waals surface area (Å²) >= 11 is 0. The van der Waals surface area contributed by atoms with E-state index in [0.717, 1.165) is 17.8 Å². The largest absolute Gasteiger partial charge is 0.384 e. The van der Waals surface area contributed by atoms with Crippen LogP contribution < -0.4 is 5.32 Å². The number of benzene rings is 1. The van der Waals surface area contributed by atoms with Gasteiger partial charge < -0.3 is 10.1 Å². The highest BCUT2D eigenvalue weighted by Crippen LogP contribution is 2.18. The summed E-state index contributed by atoms with van der Waals surface area (Å²) in [6.07, 6.45) is 1.64. The number of anilines is 1. The fraction of sp³-hybridized carbons (Fsp3) is 0.200.